The fourth-order valence-corrected chi connectivity index (χ4v) is 2.43. The molecule has 0 atom stereocenters. The highest BCUT2D eigenvalue weighted by molar-refractivity contribution is 7.30. The fraction of sp³-hybridized carbons (Fsp3) is 0.182. The van der Waals surface area contributed by atoms with E-state index in [9.17, 15) is 0 Å². The highest BCUT2D eigenvalue weighted by atomic mass is 31.0. The highest BCUT2D eigenvalue weighted by Crippen LogP contribution is 2.29. The second-order valence-electron chi connectivity index (χ2n) is 3.16. The first-order valence-corrected chi connectivity index (χ1v) is 5.29. The molecule has 0 amide bonds. The molecular weight excluding hydrogens is 177 g/mol. The Morgan fingerprint density at radius 1 is 1.15 bits per heavy atom. The molecule has 0 unspecified atom stereocenters. The van der Waals surface area contributed by atoms with Gasteiger partial charge in [-0.05, 0) is 12.5 Å². The predicted octanol–water partition coefficient (Wildman–Crippen LogP) is 3.58. The minimum absolute atomic E-state index is 1.31. The summed E-state index contributed by atoms with van der Waals surface area (Å²) in [6, 6.07) is 10.5. The Kier molecular flexibility index (Phi) is 2.20. The number of hydrogen-bond donors (Lipinski definition) is 0. The maximum atomic E-state index is 2.20. The van der Waals surface area contributed by atoms with Crippen molar-refractivity contribution in [2.24, 2.45) is 7.05 Å². The van der Waals surface area contributed by atoms with Gasteiger partial charge in [0.15, 0.2) is 0 Å². The van der Waals surface area contributed by atoms with Crippen molar-refractivity contribution >= 4 is 8.19 Å². The number of aromatic nitrogens is 1. The van der Waals surface area contributed by atoms with Crippen molar-refractivity contribution in [3.05, 3.63) is 41.6 Å². The Bertz CT molecular complexity index is 384. The maximum absolute atomic E-state index is 2.20. The number of rotatable bonds is 1. The molecule has 0 saturated carbocycles. The molecule has 1 heterocycles. The van der Waals surface area contributed by atoms with Gasteiger partial charge in [0.05, 0.1) is 5.69 Å². The van der Waals surface area contributed by atoms with E-state index in [0.717, 1.165) is 0 Å². The SMILES string of the molecule is Cc1pcn(C)c1-c1ccccc1. The van der Waals surface area contributed by atoms with Gasteiger partial charge in [-0.1, -0.05) is 38.5 Å². The van der Waals surface area contributed by atoms with Gasteiger partial charge in [0, 0.05) is 18.3 Å². The van der Waals surface area contributed by atoms with Gasteiger partial charge in [-0.15, -0.1) is 0 Å². The summed E-state index contributed by atoms with van der Waals surface area (Å²) in [5, 5.41) is 1.42. The van der Waals surface area contributed by atoms with Crippen molar-refractivity contribution < 1.29 is 0 Å². The van der Waals surface area contributed by atoms with Gasteiger partial charge in [0.2, 0.25) is 0 Å². The van der Waals surface area contributed by atoms with Gasteiger partial charge in [0.25, 0.3) is 0 Å². The molecule has 2 heteroatoms. The van der Waals surface area contributed by atoms with Crippen LogP contribution in [0.25, 0.3) is 11.3 Å². The number of nitrogens with zero attached hydrogens (tertiary/aromatic N) is 1. The van der Waals surface area contributed by atoms with Crippen molar-refractivity contribution in [2.75, 3.05) is 0 Å². The van der Waals surface area contributed by atoms with Gasteiger partial charge in [-0.2, -0.15) is 0 Å². The third-order valence-electron chi connectivity index (χ3n) is 2.17. The highest BCUT2D eigenvalue weighted by Gasteiger charge is 2.04. The summed E-state index contributed by atoms with van der Waals surface area (Å²) in [5.74, 6) is 2.19. The second-order valence-corrected chi connectivity index (χ2v) is 4.32. The van der Waals surface area contributed by atoms with Crippen LogP contribution in [-0.4, -0.2) is 4.57 Å². The van der Waals surface area contributed by atoms with Gasteiger partial charge in [-0.3, -0.25) is 0 Å². The van der Waals surface area contributed by atoms with E-state index in [-0.39, 0.29) is 0 Å². The zero-order valence-electron chi connectivity index (χ0n) is 7.86. The summed E-state index contributed by atoms with van der Waals surface area (Å²) >= 11 is 0. The van der Waals surface area contributed by atoms with Gasteiger partial charge >= 0.3 is 0 Å². The molecule has 2 aromatic rings. The van der Waals surface area contributed by atoms with Gasteiger partial charge in [0.1, 0.15) is 0 Å². The Labute approximate surface area is 80.1 Å². The van der Waals surface area contributed by atoms with Crippen LogP contribution in [0.15, 0.2) is 36.3 Å². The molecule has 0 spiro atoms. The van der Waals surface area contributed by atoms with Crippen LogP contribution in [0.3, 0.4) is 0 Å². The minimum atomic E-state index is 1.31. The molecule has 0 N–H and O–H groups in total. The zero-order chi connectivity index (χ0) is 9.26. The third-order valence-corrected chi connectivity index (χ3v) is 3.23. The summed E-state index contributed by atoms with van der Waals surface area (Å²) < 4.78 is 2.20. The van der Waals surface area contributed by atoms with Gasteiger partial charge in [-0.25, -0.2) is 0 Å². The van der Waals surface area contributed by atoms with Crippen molar-refractivity contribution in [1.82, 2.24) is 4.57 Å². The van der Waals surface area contributed by atoms with Crippen LogP contribution in [0.1, 0.15) is 5.30 Å². The molecule has 1 aromatic carbocycles. The summed E-state index contributed by atoms with van der Waals surface area (Å²) in [6.45, 7) is 2.18. The first-order valence-electron chi connectivity index (χ1n) is 4.32. The van der Waals surface area contributed by atoms with Crippen LogP contribution in [0.2, 0.25) is 0 Å². The molecule has 2 rings (SSSR count). The maximum Gasteiger partial charge on any atom is 0.0556 e. The lowest BCUT2D eigenvalue weighted by Crippen LogP contribution is -1.90. The largest absolute Gasteiger partial charge is 0.346 e. The molecular formula is C11H12NP. The number of hydrogen-bond acceptors (Lipinski definition) is 0. The summed E-state index contributed by atoms with van der Waals surface area (Å²) in [7, 11) is 3.42. The van der Waals surface area contributed by atoms with E-state index in [0.29, 0.717) is 0 Å². The number of benzene rings is 1. The quantitative estimate of drug-likeness (QED) is 0.646. The lowest BCUT2D eigenvalue weighted by atomic mass is 10.1. The molecule has 1 aromatic heterocycles. The Morgan fingerprint density at radius 2 is 1.85 bits per heavy atom. The molecule has 0 saturated heterocycles. The Morgan fingerprint density at radius 3 is 2.38 bits per heavy atom. The molecule has 0 radical (unpaired) electrons. The van der Waals surface area contributed by atoms with Gasteiger partial charge < -0.3 is 4.57 Å². The van der Waals surface area contributed by atoms with E-state index in [1.807, 2.05) is 0 Å². The lowest BCUT2D eigenvalue weighted by molar-refractivity contribution is 0.939. The average molecular weight is 189 g/mol. The van der Waals surface area contributed by atoms with E-state index in [4.69, 9.17) is 0 Å². The molecule has 0 aliphatic heterocycles. The molecule has 13 heavy (non-hydrogen) atoms. The fourth-order valence-electron chi connectivity index (χ4n) is 1.56. The van der Waals surface area contributed by atoms with E-state index in [1.165, 1.54) is 24.7 Å². The van der Waals surface area contributed by atoms with Crippen LogP contribution in [0.5, 0.6) is 0 Å². The lowest BCUT2D eigenvalue weighted by Gasteiger charge is -2.04. The van der Waals surface area contributed by atoms with E-state index in [2.05, 4.69) is 54.8 Å². The standard InChI is InChI=1S/C11H12NP/c1-9-11(12(2)8-13-9)10-6-4-3-5-7-10/h3-8H,1-2H3. The summed E-state index contributed by atoms with van der Waals surface area (Å²) in [6.07, 6.45) is 0. The Balaban J connectivity index is 2.59. The molecule has 0 fully saturated rings. The normalized spacial score (nSPS) is 10.9. The van der Waals surface area contributed by atoms with Crippen molar-refractivity contribution in [2.45, 2.75) is 6.92 Å². The van der Waals surface area contributed by atoms with Crippen molar-refractivity contribution in [3.8, 4) is 11.3 Å². The van der Waals surface area contributed by atoms with E-state index >= 15 is 0 Å². The summed E-state index contributed by atoms with van der Waals surface area (Å²) in [5.41, 5.74) is 2.66. The topological polar surface area (TPSA) is 4.93 Å². The molecule has 0 aliphatic carbocycles. The third kappa shape index (κ3) is 1.52. The zero-order valence-corrected chi connectivity index (χ0v) is 8.75. The van der Waals surface area contributed by atoms with Crippen molar-refractivity contribution in [3.63, 3.8) is 0 Å². The van der Waals surface area contributed by atoms with Crippen LogP contribution >= 0.6 is 8.19 Å². The first-order chi connectivity index (χ1) is 6.29. The first kappa shape index (κ1) is 8.52. The van der Waals surface area contributed by atoms with E-state index < -0.39 is 0 Å². The number of aryl methyl sites for hydroxylation is 2. The molecule has 0 aliphatic rings. The summed E-state index contributed by atoms with van der Waals surface area (Å²) in [4.78, 5) is 0. The minimum Gasteiger partial charge on any atom is -0.346 e. The smallest absolute Gasteiger partial charge is 0.0556 e. The molecule has 0 bridgehead atoms. The predicted molar refractivity (Wildman–Crippen MR) is 58.1 cm³/mol. The monoisotopic (exact) mass is 189 g/mol. The van der Waals surface area contributed by atoms with Crippen LogP contribution in [0, 0.1) is 6.92 Å². The van der Waals surface area contributed by atoms with Crippen LogP contribution < -0.4 is 0 Å². The average Bonchev–Trinajstić information content (AvgIpc) is 2.48. The molecule has 66 valence electrons. The van der Waals surface area contributed by atoms with Crippen LogP contribution in [0.4, 0.5) is 0 Å². The van der Waals surface area contributed by atoms with E-state index in [1.54, 1.807) is 0 Å². The van der Waals surface area contributed by atoms with Crippen LogP contribution in [-0.2, 0) is 7.05 Å². The van der Waals surface area contributed by atoms with Crippen molar-refractivity contribution in [1.29, 1.82) is 0 Å². The Hall–Kier alpha value is -1.07. The molecule has 1 nitrogen and oxygen atoms in total. The second kappa shape index (κ2) is 3.35.